The standard InChI is InChI=1S/C16H24O3/c1-4-9-16(18-10-11-19-16)14-5-7-15(8-6-14)17-12-13(2)3/h5-8,13H,4,9-12H2,1-3H3. The van der Waals surface area contributed by atoms with E-state index in [4.69, 9.17) is 14.2 Å². The van der Waals surface area contributed by atoms with Gasteiger partial charge in [-0.15, -0.1) is 0 Å². The maximum atomic E-state index is 5.84. The summed E-state index contributed by atoms with van der Waals surface area (Å²) < 4.78 is 17.4. The summed E-state index contributed by atoms with van der Waals surface area (Å²) in [6.07, 6.45) is 1.92. The fraction of sp³-hybridized carbons (Fsp3) is 0.625. The molecule has 1 aromatic carbocycles. The molecule has 106 valence electrons. The van der Waals surface area contributed by atoms with Gasteiger partial charge in [0.05, 0.1) is 19.8 Å². The lowest BCUT2D eigenvalue weighted by molar-refractivity contribution is -0.170. The van der Waals surface area contributed by atoms with Gasteiger partial charge in [0.1, 0.15) is 5.75 Å². The summed E-state index contributed by atoms with van der Waals surface area (Å²) in [7, 11) is 0. The van der Waals surface area contributed by atoms with Gasteiger partial charge in [-0.2, -0.15) is 0 Å². The molecule has 0 atom stereocenters. The molecule has 3 heteroatoms. The Morgan fingerprint density at radius 2 is 1.79 bits per heavy atom. The van der Waals surface area contributed by atoms with E-state index in [1.807, 2.05) is 12.1 Å². The third-order valence-electron chi connectivity index (χ3n) is 3.21. The topological polar surface area (TPSA) is 27.7 Å². The highest BCUT2D eigenvalue weighted by Gasteiger charge is 2.37. The number of rotatable bonds is 6. The van der Waals surface area contributed by atoms with E-state index in [2.05, 4.69) is 32.9 Å². The predicted molar refractivity (Wildman–Crippen MR) is 75.3 cm³/mol. The summed E-state index contributed by atoms with van der Waals surface area (Å²) in [5, 5.41) is 0. The van der Waals surface area contributed by atoms with Crippen LogP contribution in [0.25, 0.3) is 0 Å². The SMILES string of the molecule is CCCC1(c2ccc(OCC(C)C)cc2)OCCO1. The van der Waals surface area contributed by atoms with E-state index in [1.165, 1.54) is 0 Å². The first-order valence-electron chi connectivity index (χ1n) is 7.17. The first kappa shape index (κ1) is 14.4. The van der Waals surface area contributed by atoms with E-state index in [1.54, 1.807) is 0 Å². The fourth-order valence-corrected chi connectivity index (χ4v) is 2.31. The molecule has 0 aromatic heterocycles. The van der Waals surface area contributed by atoms with Crippen molar-refractivity contribution in [3.05, 3.63) is 29.8 Å². The normalized spacial score (nSPS) is 17.9. The van der Waals surface area contributed by atoms with Gasteiger partial charge in [-0.1, -0.05) is 27.2 Å². The molecule has 0 unspecified atom stereocenters. The third-order valence-corrected chi connectivity index (χ3v) is 3.21. The minimum Gasteiger partial charge on any atom is -0.493 e. The number of benzene rings is 1. The Hall–Kier alpha value is -1.06. The second kappa shape index (κ2) is 6.40. The van der Waals surface area contributed by atoms with Crippen LogP contribution in [0.2, 0.25) is 0 Å². The van der Waals surface area contributed by atoms with Crippen molar-refractivity contribution in [1.29, 1.82) is 0 Å². The smallest absolute Gasteiger partial charge is 0.194 e. The van der Waals surface area contributed by atoms with Crippen LogP contribution in [0, 0.1) is 5.92 Å². The van der Waals surface area contributed by atoms with Gasteiger partial charge in [-0.05, 0) is 30.2 Å². The maximum absolute atomic E-state index is 5.84. The van der Waals surface area contributed by atoms with E-state index >= 15 is 0 Å². The second-order valence-corrected chi connectivity index (χ2v) is 5.43. The molecule has 19 heavy (non-hydrogen) atoms. The van der Waals surface area contributed by atoms with Gasteiger partial charge in [-0.25, -0.2) is 0 Å². The van der Waals surface area contributed by atoms with Crippen molar-refractivity contribution in [2.24, 2.45) is 5.92 Å². The average Bonchev–Trinajstić information content (AvgIpc) is 2.87. The third kappa shape index (κ3) is 3.48. The van der Waals surface area contributed by atoms with Crippen molar-refractivity contribution < 1.29 is 14.2 Å². The molecule has 0 aliphatic carbocycles. The molecule has 0 saturated carbocycles. The van der Waals surface area contributed by atoms with Gasteiger partial charge in [0.25, 0.3) is 0 Å². The van der Waals surface area contributed by atoms with Crippen molar-refractivity contribution in [2.75, 3.05) is 19.8 Å². The van der Waals surface area contributed by atoms with E-state index in [9.17, 15) is 0 Å². The van der Waals surface area contributed by atoms with Crippen LogP contribution in [-0.2, 0) is 15.3 Å². The average molecular weight is 264 g/mol. The van der Waals surface area contributed by atoms with Crippen LogP contribution in [0.4, 0.5) is 0 Å². The second-order valence-electron chi connectivity index (χ2n) is 5.43. The van der Waals surface area contributed by atoms with Crippen molar-refractivity contribution in [2.45, 2.75) is 39.4 Å². The van der Waals surface area contributed by atoms with Crippen molar-refractivity contribution in [1.82, 2.24) is 0 Å². The summed E-state index contributed by atoms with van der Waals surface area (Å²) in [4.78, 5) is 0. The molecule has 0 amide bonds. The Morgan fingerprint density at radius 1 is 1.16 bits per heavy atom. The van der Waals surface area contributed by atoms with Crippen LogP contribution in [0.3, 0.4) is 0 Å². The Labute approximate surface area is 115 Å². The number of hydrogen-bond acceptors (Lipinski definition) is 3. The number of hydrogen-bond donors (Lipinski definition) is 0. The molecule has 3 nitrogen and oxygen atoms in total. The van der Waals surface area contributed by atoms with Crippen LogP contribution in [0.15, 0.2) is 24.3 Å². The van der Waals surface area contributed by atoms with Gasteiger partial charge in [0.2, 0.25) is 0 Å². The fourth-order valence-electron chi connectivity index (χ4n) is 2.31. The Balaban J connectivity index is 2.07. The first-order chi connectivity index (χ1) is 9.16. The highest BCUT2D eigenvalue weighted by Crippen LogP contribution is 2.36. The zero-order chi connectivity index (χ0) is 13.7. The summed E-state index contributed by atoms with van der Waals surface area (Å²) in [5.41, 5.74) is 1.09. The Morgan fingerprint density at radius 3 is 2.32 bits per heavy atom. The van der Waals surface area contributed by atoms with Crippen LogP contribution < -0.4 is 4.74 Å². The lowest BCUT2D eigenvalue weighted by Crippen LogP contribution is -2.26. The van der Waals surface area contributed by atoms with Crippen molar-refractivity contribution in [3.8, 4) is 5.75 Å². The molecule has 1 heterocycles. The van der Waals surface area contributed by atoms with E-state index in [0.717, 1.165) is 30.8 Å². The summed E-state index contributed by atoms with van der Waals surface area (Å²) >= 11 is 0. The molecule has 2 rings (SSSR count). The Kier molecular flexibility index (Phi) is 4.83. The van der Waals surface area contributed by atoms with E-state index < -0.39 is 5.79 Å². The lowest BCUT2D eigenvalue weighted by Gasteiger charge is -2.27. The summed E-state index contributed by atoms with van der Waals surface area (Å²) in [6, 6.07) is 8.10. The minimum atomic E-state index is -0.536. The number of ether oxygens (including phenoxy) is 3. The zero-order valence-electron chi connectivity index (χ0n) is 12.1. The van der Waals surface area contributed by atoms with Gasteiger partial charge >= 0.3 is 0 Å². The van der Waals surface area contributed by atoms with E-state index in [-0.39, 0.29) is 0 Å². The molecule has 1 saturated heterocycles. The quantitative estimate of drug-likeness (QED) is 0.783. The molecule has 0 spiro atoms. The van der Waals surface area contributed by atoms with Gasteiger partial charge in [-0.3, -0.25) is 0 Å². The molecule has 0 radical (unpaired) electrons. The van der Waals surface area contributed by atoms with Gasteiger partial charge in [0.15, 0.2) is 5.79 Å². The molecular weight excluding hydrogens is 240 g/mol. The molecule has 1 fully saturated rings. The predicted octanol–water partition coefficient (Wildman–Crippen LogP) is 3.72. The largest absolute Gasteiger partial charge is 0.493 e. The molecule has 1 aromatic rings. The van der Waals surface area contributed by atoms with Gasteiger partial charge in [0, 0.05) is 12.0 Å². The monoisotopic (exact) mass is 264 g/mol. The van der Waals surface area contributed by atoms with Crippen LogP contribution in [0.1, 0.15) is 39.2 Å². The highest BCUT2D eigenvalue weighted by molar-refractivity contribution is 5.30. The summed E-state index contributed by atoms with van der Waals surface area (Å²) in [5.74, 6) is 0.903. The first-order valence-corrected chi connectivity index (χ1v) is 7.17. The molecule has 0 N–H and O–H groups in total. The minimum absolute atomic E-state index is 0.535. The van der Waals surface area contributed by atoms with Crippen LogP contribution >= 0.6 is 0 Å². The van der Waals surface area contributed by atoms with E-state index in [0.29, 0.717) is 19.1 Å². The summed E-state index contributed by atoms with van der Waals surface area (Å²) in [6.45, 7) is 8.52. The Bertz CT molecular complexity index is 377. The molecule has 1 aliphatic rings. The van der Waals surface area contributed by atoms with Crippen LogP contribution in [-0.4, -0.2) is 19.8 Å². The highest BCUT2D eigenvalue weighted by atomic mass is 16.7. The van der Waals surface area contributed by atoms with Gasteiger partial charge < -0.3 is 14.2 Å². The molecule has 1 aliphatic heterocycles. The van der Waals surface area contributed by atoms with Crippen molar-refractivity contribution in [3.63, 3.8) is 0 Å². The van der Waals surface area contributed by atoms with Crippen LogP contribution in [0.5, 0.6) is 5.75 Å². The zero-order valence-corrected chi connectivity index (χ0v) is 12.1. The molecular formula is C16H24O3. The lowest BCUT2D eigenvalue weighted by atomic mass is 10.0. The maximum Gasteiger partial charge on any atom is 0.194 e. The van der Waals surface area contributed by atoms with Crippen molar-refractivity contribution >= 4 is 0 Å². The molecule has 0 bridgehead atoms.